The molecule has 26 heavy (non-hydrogen) atoms. The number of amides is 1. The summed E-state index contributed by atoms with van der Waals surface area (Å²) in [6, 6.07) is 0. The van der Waals surface area contributed by atoms with Crippen LogP contribution in [0.1, 0.15) is 52.4 Å². The molecule has 7 nitrogen and oxygen atoms in total. The smallest absolute Gasteiger partial charge is 0.303 e. The number of aliphatic carboxylic acids is 1. The Morgan fingerprint density at radius 1 is 1.46 bits per heavy atom. The third-order valence-electron chi connectivity index (χ3n) is 3.97. The maximum absolute atomic E-state index is 11.9. The second kappa shape index (κ2) is 9.23. The highest BCUT2D eigenvalue weighted by Gasteiger charge is 2.23. The second-order valence-corrected chi connectivity index (χ2v) is 8.33. The Labute approximate surface area is 159 Å². The van der Waals surface area contributed by atoms with Gasteiger partial charge in [-0.3, -0.25) is 9.59 Å². The average molecular weight is 381 g/mol. The van der Waals surface area contributed by atoms with Crippen LogP contribution < -0.4 is 10.7 Å². The third-order valence-corrected chi connectivity index (χ3v) is 4.13. The molecule has 144 valence electrons. The molecule has 0 fully saturated rings. The predicted octanol–water partition coefficient (Wildman–Crippen LogP) is 2.36. The summed E-state index contributed by atoms with van der Waals surface area (Å²) in [5, 5.41) is 16.3. The minimum absolute atomic E-state index is 0.101. The Kier molecular flexibility index (Phi) is 7.28. The fraction of sp³-hybridized carbons (Fsp3) is 0.611. The number of ether oxygens (including phenoxy) is 1. The number of allylic oxidation sites excluding steroid dienone is 3. The summed E-state index contributed by atoms with van der Waals surface area (Å²) in [6.07, 6.45) is 7.10. The van der Waals surface area contributed by atoms with E-state index in [1.54, 1.807) is 0 Å². The number of carbonyl (C=O) groups is 2. The Balaban J connectivity index is 1.90. The van der Waals surface area contributed by atoms with Gasteiger partial charge in [-0.15, -0.1) is 0 Å². The molecule has 0 aromatic carbocycles. The lowest BCUT2D eigenvalue weighted by Crippen LogP contribution is -2.36. The number of rotatable bonds is 8. The number of carboxylic acids is 1. The number of hydrogen-bond acceptors (Lipinski definition) is 6. The Morgan fingerprint density at radius 3 is 2.92 bits per heavy atom. The van der Waals surface area contributed by atoms with Crippen molar-refractivity contribution in [3.8, 4) is 0 Å². The van der Waals surface area contributed by atoms with Crippen molar-refractivity contribution in [3.63, 3.8) is 0 Å². The van der Waals surface area contributed by atoms with Crippen molar-refractivity contribution in [3.05, 3.63) is 23.4 Å². The molecule has 0 aromatic rings. The topological polar surface area (TPSA) is 100 Å². The van der Waals surface area contributed by atoms with Gasteiger partial charge in [0.1, 0.15) is 6.23 Å². The number of thiol groups is 1. The van der Waals surface area contributed by atoms with Crippen LogP contribution in [0, 0.1) is 0 Å². The van der Waals surface area contributed by atoms with Gasteiger partial charge in [0.05, 0.1) is 12.3 Å². The molecule has 1 aliphatic carbocycles. The van der Waals surface area contributed by atoms with Crippen molar-refractivity contribution < 1.29 is 19.4 Å². The van der Waals surface area contributed by atoms with Gasteiger partial charge in [0.2, 0.25) is 5.91 Å². The monoisotopic (exact) mass is 381 g/mol. The van der Waals surface area contributed by atoms with E-state index in [9.17, 15) is 9.59 Å². The van der Waals surface area contributed by atoms with Crippen LogP contribution in [0.25, 0.3) is 0 Å². The van der Waals surface area contributed by atoms with Crippen molar-refractivity contribution in [2.24, 2.45) is 5.10 Å². The van der Waals surface area contributed by atoms with Crippen molar-refractivity contribution >= 4 is 30.2 Å². The predicted molar refractivity (Wildman–Crippen MR) is 103 cm³/mol. The molecule has 1 amide bonds. The summed E-state index contributed by atoms with van der Waals surface area (Å²) >= 11 is 4.36. The van der Waals surface area contributed by atoms with Crippen molar-refractivity contribution in [2.75, 3.05) is 6.61 Å². The first-order chi connectivity index (χ1) is 12.2. The standard InChI is InChI=1S/C18H27N3O4S/c1-18(2,26)11-15(22)21-20-14-6-3-5-13-12(14)8-9-16(19-13)25-10-4-7-17(23)24/h8-9,16,19,26H,3-7,10-11H2,1-2H3,(H,21,22)(H,23,24). The Hall–Kier alpha value is -1.80. The van der Waals surface area contributed by atoms with Gasteiger partial charge in [-0.1, -0.05) is 19.9 Å². The van der Waals surface area contributed by atoms with Gasteiger partial charge >= 0.3 is 5.97 Å². The molecule has 0 spiro atoms. The van der Waals surface area contributed by atoms with E-state index in [0.717, 1.165) is 36.2 Å². The Bertz CT molecular complexity index is 635. The summed E-state index contributed by atoms with van der Waals surface area (Å²) in [6.45, 7) is 4.15. The molecule has 1 aliphatic heterocycles. The van der Waals surface area contributed by atoms with E-state index < -0.39 is 5.97 Å². The summed E-state index contributed by atoms with van der Waals surface area (Å²) in [5.74, 6) is -0.972. The summed E-state index contributed by atoms with van der Waals surface area (Å²) in [5.41, 5.74) is 5.51. The van der Waals surface area contributed by atoms with Crippen molar-refractivity contribution in [2.45, 2.75) is 63.3 Å². The molecule has 8 heteroatoms. The van der Waals surface area contributed by atoms with Crippen LogP contribution in [0.2, 0.25) is 0 Å². The van der Waals surface area contributed by atoms with Crippen LogP contribution in [-0.4, -0.2) is 40.3 Å². The molecule has 0 radical (unpaired) electrons. The first kappa shape index (κ1) is 20.5. The molecular formula is C18H27N3O4S. The molecular weight excluding hydrogens is 354 g/mol. The van der Waals surface area contributed by atoms with E-state index in [1.165, 1.54) is 0 Å². The second-order valence-electron chi connectivity index (χ2n) is 7.12. The zero-order valence-electron chi connectivity index (χ0n) is 15.2. The van der Waals surface area contributed by atoms with Gasteiger partial charge in [0.15, 0.2) is 0 Å². The summed E-state index contributed by atoms with van der Waals surface area (Å²) in [4.78, 5) is 22.4. The van der Waals surface area contributed by atoms with Crippen LogP contribution in [0.4, 0.5) is 0 Å². The molecule has 1 atom stereocenters. The largest absolute Gasteiger partial charge is 0.481 e. The van der Waals surface area contributed by atoms with E-state index in [-0.39, 0.29) is 23.3 Å². The number of nitrogens with one attached hydrogen (secondary N) is 2. The first-order valence-electron chi connectivity index (χ1n) is 8.84. The first-order valence-corrected chi connectivity index (χ1v) is 9.29. The number of carbonyl (C=O) groups excluding carboxylic acids is 1. The molecule has 0 bridgehead atoms. The number of hydrogen-bond donors (Lipinski definition) is 4. The van der Waals surface area contributed by atoms with Gasteiger partial charge in [-0.25, -0.2) is 5.43 Å². The fourth-order valence-electron chi connectivity index (χ4n) is 2.84. The van der Waals surface area contributed by atoms with Crippen LogP contribution in [0.15, 0.2) is 28.5 Å². The maximum Gasteiger partial charge on any atom is 0.303 e. The van der Waals surface area contributed by atoms with Crippen LogP contribution in [0.3, 0.4) is 0 Å². The molecule has 1 heterocycles. The minimum Gasteiger partial charge on any atom is -0.481 e. The minimum atomic E-state index is -0.817. The highest BCUT2D eigenvalue weighted by atomic mass is 32.1. The highest BCUT2D eigenvalue weighted by Crippen LogP contribution is 2.26. The van der Waals surface area contributed by atoms with Gasteiger partial charge in [-0.05, 0) is 31.8 Å². The lowest BCUT2D eigenvalue weighted by Gasteiger charge is -2.29. The zero-order chi connectivity index (χ0) is 19.2. The number of nitrogens with zero attached hydrogens (tertiary/aromatic N) is 1. The van der Waals surface area contributed by atoms with E-state index in [0.29, 0.717) is 19.4 Å². The van der Waals surface area contributed by atoms with E-state index in [2.05, 4.69) is 28.5 Å². The normalized spacial score (nSPS) is 21.3. The van der Waals surface area contributed by atoms with E-state index >= 15 is 0 Å². The van der Waals surface area contributed by atoms with Crippen molar-refractivity contribution in [1.82, 2.24) is 10.7 Å². The molecule has 2 rings (SSSR count). The fourth-order valence-corrected chi connectivity index (χ4v) is 2.98. The number of hydrazone groups is 1. The molecule has 3 N–H and O–H groups in total. The number of carboxylic acid groups (broad SMARTS) is 1. The van der Waals surface area contributed by atoms with E-state index in [1.807, 2.05) is 26.0 Å². The molecule has 0 saturated carbocycles. The zero-order valence-corrected chi connectivity index (χ0v) is 16.1. The molecule has 1 unspecified atom stereocenters. The quantitative estimate of drug-likeness (QED) is 0.294. The summed E-state index contributed by atoms with van der Waals surface area (Å²) < 4.78 is 5.28. The molecule has 0 aromatic heterocycles. The third kappa shape index (κ3) is 6.84. The summed E-state index contributed by atoms with van der Waals surface area (Å²) in [7, 11) is 0. The Morgan fingerprint density at radius 2 is 2.23 bits per heavy atom. The van der Waals surface area contributed by atoms with Crippen molar-refractivity contribution in [1.29, 1.82) is 0 Å². The number of dihydropyridines is 1. The lowest BCUT2D eigenvalue weighted by atomic mass is 9.92. The average Bonchev–Trinajstić information content (AvgIpc) is 2.55. The van der Waals surface area contributed by atoms with Gasteiger partial charge in [0, 0.05) is 28.9 Å². The highest BCUT2D eigenvalue weighted by molar-refractivity contribution is 7.81. The van der Waals surface area contributed by atoms with Gasteiger partial charge in [-0.2, -0.15) is 17.7 Å². The SMILES string of the molecule is CC(C)(S)CC(=O)NN=C1CCCC2=C1C=CC(OCCCC(=O)O)N2. The van der Waals surface area contributed by atoms with Crippen LogP contribution in [-0.2, 0) is 14.3 Å². The van der Waals surface area contributed by atoms with Crippen LogP contribution in [0.5, 0.6) is 0 Å². The van der Waals surface area contributed by atoms with Gasteiger partial charge < -0.3 is 15.2 Å². The maximum atomic E-state index is 11.9. The van der Waals surface area contributed by atoms with E-state index in [4.69, 9.17) is 9.84 Å². The molecule has 2 aliphatic rings. The van der Waals surface area contributed by atoms with Gasteiger partial charge in [0.25, 0.3) is 0 Å². The lowest BCUT2D eigenvalue weighted by molar-refractivity contribution is -0.137. The molecule has 0 saturated heterocycles. The van der Waals surface area contributed by atoms with Crippen LogP contribution >= 0.6 is 12.6 Å².